The number of carbonyl (C=O) groups excluding carboxylic acids is 2. The van der Waals surface area contributed by atoms with Crippen molar-refractivity contribution in [3.8, 4) is 0 Å². The molecule has 5 rings (SSSR count). The molecule has 2 aliphatic heterocycles. The molecule has 35 heavy (non-hydrogen) atoms. The van der Waals surface area contributed by atoms with E-state index in [1.54, 1.807) is 0 Å². The van der Waals surface area contributed by atoms with Gasteiger partial charge in [-0.25, -0.2) is 13.8 Å². The molecule has 10 heteroatoms. The first-order chi connectivity index (χ1) is 16.6. The number of hydrogen-bond acceptors (Lipinski definition) is 4. The SMILES string of the molecule is Cc1nc2c(s1)C1CCC(C2)N1C(=O)C(F)(F)c1cc(C(=O)Nc2ccc(F)c(C)c2)ccc1F. The van der Waals surface area contributed by atoms with Gasteiger partial charge >= 0.3 is 5.92 Å². The van der Waals surface area contributed by atoms with Gasteiger partial charge in [0.15, 0.2) is 0 Å². The molecule has 1 saturated heterocycles. The second-order valence-electron chi connectivity index (χ2n) is 8.89. The Morgan fingerprint density at radius 2 is 1.83 bits per heavy atom. The molecule has 0 radical (unpaired) electrons. The van der Waals surface area contributed by atoms with Gasteiger partial charge in [-0.05, 0) is 68.7 Å². The van der Waals surface area contributed by atoms with Gasteiger partial charge in [0.05, 0.1) is 27.2 Å². The van der Waals surface area contributed by atoms with Gasteiger partial charge in [-0.15, -0.1) is 11.3 Å². The first-order valence-electron chi connectivity index (χ1n) is 11.1. The molecular formula is C25H21F4N3O2S. The van der Waals surface area contributed by atoms with Crippen molar-refractivity contribution in [3.05, 3.63) is 80.3 Å². The zero-order valence-electron chi connectivity index (χ0n) is 18.9. The number of anilines is 1. The van der Waals surface area contributed by atoms with Crippen LogP contribution >= 0.6 is 11.3 Å². The molecular weight excluding hydrogens is 482 g/mol. The highest BCUT2D eigenvalue weighted by Crippen LogP contribution is 2.48. The summed E-state index contributed by atoms with van der Waals surface area (Å²) in [4.78, 5) is 32.2. The smallest absolute Gasteiger partial charge is 0.326 e. The molecule has 5 nitrogen and oxygen atoms in total. The zero-order chi connectivity index (χ0) is 25.1. The normalized spacial score (nSPS) is 19.0. The van der Waals surface area contributed by atoms with Gasteiger partial charge in [0.25, 0.3) is 11.8 Å². The number of thiazole rings is 1. The minimum absolute atomic E-state index is 0.252. The summed E-state index contributed by atoms with van der Waals surface area (Å²) in [6.07, 6.45) is 1.50. The standard InChI is InChI=1S/C25H21F4N3O2S/c1-12-9-15(4-7-18(12)26)31-23(33)14-3-6-19(27)17(10-14)25(28,29)24(34)32-16-5-8-21(32)22-20(11-16)30-13(2)35-22/h3-4,6-7,9-10,16,21H,5,8,11H2,1-2H3,(H,31,33). The van der Waals surface area contributed by atoms with Crippen LogP contribution in [0.15, 0.2) is 36.4 Å². The first-order valence-corrected chi connectivity index (χ1v) is 11.9. The second kappa shape index (κ2) is 8.44. The van der Waals surface area contributed by atoms with Crippen LogP contribution in [-0.2, 0) is 17.1 Å². The highest BCUT2D eigenvalue weighted by molar-refractivity contribution is 7.11. The van der Waals surface area contributed by atoms with Crippen molar-refractivity contribution in [1.82, 2.24) is 9.88 Å². The van der Waals surface area contributed by atoms with Crippen molar-refractivity contribution in [1.29, 1.82) is 0 Å². The Labute approximate surface area is 202 Å². The molecule has 1 fully saturated rings. The van der Waals surface area contributed by atoms with E-state index in [1.807, 2.05) is 6.92 Å². The zero-order valence-corrected chi connectivity index (χ0v) is 19.7. The van der Waals surface area contributed by atoms with Crippen molar-refractivity contribution in [3.63, 3.8) is 0 Å². The topological polar surface area (TPSA) is 62.3 Å². The number of aromatic nitrogens is 1. The number of hydrogen-bond donors (Lipinski definition) is 1. The molecule has 3 heterocycles. The summed E-state index contributed by atoms with van der Waals surface area (Å²) >= 11 is 1.39. The van der Waals surface area contributed by atoms with Gasteiger partial charge in [-0.3, -0.25) is 9.59 Å². The third-order valence-electron chi connectivity index (χ3n) is 6.55. The molecule has 2 aliphatic rings. The van der Waals surface area contributed by atoms with Gasteiger partial charge in [-0.2, -0.15) is 8.78 Å². The van der Waals surface area contributed by atoms with Gasteiger partial charge in [0, 0.05) is 23.7 Å². The van der Waals surface area contributed by atoms with Gasteiger partial charge in [-0.1, -0.05) is 0 Å². The number of aryl methyl sites for hydroxylation is 2. The lowest BCUT2D eigenvalue weighted by Crippen LogP contribution is -2.48. The number of alkyl halides is 2. The molecule has 0 spiro atoms. The number of nitrogens with one attached hydrogen (secondary N) is 1. The van der Waals surface area contributed by atoms with E-state index in [-0.39, 0.29) is 16.8 Å². The van der Waals surface area contributed by atoms with Crippen LogP contribution in [0.25, 0.3) is 0 Å². The lowest BCUT2D eigenvalue weighted by Gasteiger charge is -2.36. The monoisotopic (exact) mass is 503 g/mol. The van der Waals surface area contributed by atoms with Crippen molar-refractivity contribution in [2.45, 2.75) is 51.1 Å². The molecule has 2 unspecified atom stereocenters. The fourth-order valence-electron chi connectivity index (χ4n) is 4.87. The average molecular weight is 504 g/mol. The number of carbonyl (C=O) groups is 2. The maximum Gasteiger partial charge on any atom is 0.352 e. The molecule has 2 bridgehead atoms. The summed E-state index contributed by atoms with van der Waals surface area (Å²) in [5.41, 5.74) is -0.0273. The summed E-state index contributed by atoms with van der Waals surface area (Å²) in [5, 5.41) is 3.29. The summed E-state index contributed by atoms with van der Waals surface area (Å²) in [6, 6.07) is 5.44. The van der Waals surface area contributed by atoms with E-state index < -0.39 is 47.0 Å². The lowest BCUT2D eigenvalue weighted by molar-refractivity contribution is -0.163. The number of halogens is 4. The summed E-state index contributed by atoms with van der Waals surface area (Å²) in [7, 11) is 0. The Kier molecular flexibility index (Phi) is 5.66. The Balaban J connectivity index is 1.43. The van der Waals surface area contributed by atoms with Gasteiger partial charge < -0.3 is 10.2 Å². The van der Waals surface area contributed by atoms with E-state index in [2.05, 4.69) is 10.3 Å². The molecule has 0 aliphatic carbocycles. The van der Waals surface area contributed by atoms with Crippen LogP contribution in [0.4, 0.5) is 23.2 Å². The fraction of sp³-hybridized carbons (Fsp3) is 0.320. The van der Waals surface area contributed by atoms with Crippen LogP contribution in [-0.4, -0.2) is 27.7 Å². The molecule has 0 saturated carbocycles. The summed E-state index contributed by atoms with van der Waals surface area (Å²) in [6.45, 7) is 3.34. The maximum atomic E-state index is 15.5. The van der Waals surface area contributed by atoms with E-state index in [0.29, 0.717) is 25.3 Å². The van der Waals surface area contributed by atoms with E-state index in [1.165, 1.54) is 35.3 Å². The molecule has 3 aromatic rings. The van der Waals surface area contributed by atoms with Crippen molar-refractivity contribution < 1.29 is 27.2 Å². The first kappa shape index (κ1) is 23.5. The van der Waals surface area contributed by atoms with E-state index in [0.717, 1.165) is 33.8 Å². The Bertz CT molecular complexity index is 1360. The summed E-state index contributed by atoms with van der Waals surface area (Å²) in [5.74, 6) is -8.19. The van der Waals surface area contributed by atoms with Crippen LogP contribution < -0.4 is 5.32 Å². The van der Waals surface area contributed by atoms with Crippen LogP contribution in [0.3, 0.4) is 0 Å². The van der Waals surface area contributed by atoms with Crippen LogP contribution in [0.5, 0.6) is 0 Å². The minimum Gasteiger partial charge on any atom is -0.326 e. The molecule has 1 N–H and O–H groups in total. The third-order valence-corrected chi connectivity index (χ3v) is 7.67. The minimum atomic E-state index is -4.18. The molecule has 2 amide bonds. The predicted molar refractivity (Wildman–Crippen MR) is 123 cm³/mol. The summed E-state index contributed by atoms with van der Waals surface area (Å²) < 4.78 is 59.1. The maximum absolute atomic E-state index is 15.5. The Hall–Kier alpha value is -3.27. The Morgan fingerprint density at radius 3 is 2.57 bits per heavy atom. The lowest BCUT2D eigenvalue weighted by atomic mass is 9.99. The van der Waals surface area contributed by atoms with Crippen LogP contribution in [0, 0.1) is 25.5 Å². The van der Waals surface area contributed by atoms with Gasteiger partial charge in [0.2, 0.25) is 0 Å². The number of benzene rings is 2. The number of fused-ring (bicyclic) bond motifs is 4. The van der Waals surface area contributed by atoms with E-state index in [4.69, 9.17) is 0 Å². The van der Waals surface area contributed by atoms with Crippen LogP contribution in [0.2, 0.25) is 0 Å². The highest BCUT2D eigenvalue weighted by atomic mass is 32.1. The second-order valence-corrected chi connectivity index (χ2v) is 10.1. The number of amides is 2. The largest absolute Gasteiger partial charge is 0.352 e. The van der Waals surface area contributed by atoms with Crippen molar-refractivity contribution in [2.24, 2.45) is 0 Å². The molecule has 1 aromatic heterocycles. The fourth-order valence-corrected chi connectivity index (χ4v) is 5.96. The molecule has 182 valence electrons. The predicted octanol–water partition coefficient (Wildman–Crippen LogP) is 5.67. The van der Waals surface area contributed by atoms with E-state index in [9.17, 15) is 18.4 Å². The van der Waals surface area contributed by atoms with Crippen molar-refractivity contribution in [2.75, 3.05) is 5.32 Å². The molecule has 2 aromatic carbocycles. The third kappa shape index (κ3) is 3.99. The average Bonchev–Trinajstić information content (AvgIpc) is 3.35. The van der Waals surface area contributed by atoms with E-state index >= 15 is 8.78 Å². The van der Waals surface area contributed by atoms with Gasteiger partial charge in [0.1, 0.15) is 11.6 Å². The Morgan fingerprint density at radius 1 is 1.09 bits per heavy atom. The van der Waals surface area contributed by atoms with Crippen LogP contribution in [0.1, 0.15) is 55.9 Å². The number of rotatable bonds is 4. The molecule has 2 atom stereocenters. The highest BCUT2D eigenvalue weighted by Gasteiger charge is 2.53. The number of nitrogens with zero attached hydrogens (tertiary/aromatic N) is 2. The quantitative estimate of drug-likeness (QED) is 0.467. The van der Waals surface area contributed by atoms with Crippen molar-refractivity contribution >= 4 is 28.8 Å².